The number of aromatic hydroxyl groups is 1. The maximum absolute atomic E-state index is 13.0. The van der Waals surface area contributed by atoms with Crippen LogP contribution in [-0.4, -0.2) is 45.0 Å². The SMILES string of the molecule is CCCCN1C(=O)[C@H]2[C@@H](C1=O)[C@](C)(C(=O)O)N[C@H]2c1cc(Br)ccc1O. The van der Waals surface area contributed by atoms with Crippen LogP contribution in [0.5, 0.6) is 5.75 Å². The fourth-order valence-electron chi connectivity index (χ4n) is 3.97. The molecule has 0 saturated carbocycles. The highest BCUT2D eigenvalue weighted by molar-refractivity contribution is 9.10. The molecule has 4 atom stereocenters. The van der Waals surface area contributed by atoms with Crippen LogP contribution in [0.1, 0.15) is 38.3 Å². The van der Waals surface area contributed by atoms with Crippen LogP contribution in [0.15, 0.2) is 22.7 Å². The molecule has 2 heterocycles. The lowest BCUT2D eigenvalue weighted by Gasteiger charge is -2.27. The fraction of sp³-hybridized carbons (Fsp3) is 0.500. The monoisotopic (exact) mass is 424 g/mol. The molecule has 0 aromatic heterocycles. The Labute approximate surface area is 159 Å². The normalized spacial score (nSPS) is 30.7. The maximum atomic E-state index is 13.0. The number of phenolic OH excluding ortho intramolecular Hbond substituents is 1. The number of aliphatic carboxylic acids is 1. The number of fused-ring (bicyclic) bond motifs is 1. The van der Waals surface area contributed by atoms with Gasteiger partial charge in [-0.05, 0) is 31.5 Å². The standard InChI is InChI=1S/C18H21BrN2O5/c1-3-4-7-21-15(23)12-13(16(21)24)18(2,17(25)26)20-14(12)10-8-9(19)5-6-11(10)22/h5-6,8,12-14,20,22H,3-4,7H2,1-2H3,(H,25,26)/t12-,13-,14-,18+/m0/s1. The van der Waals surface area contributed by atoms with E-state index in [9.17, 15) is 24.6 Å². The number of carbonyl (C=O) groups excluding carboxylic acids is 2. The van der Waals surface area contributed by atoms with Crippen molar-refractivity contribution in [1.82, 2.24) is 10.2 Å². The number of benzene rings is 1. The number of hydrogen-bond donors (Lipinski definition) is 3. The molecule has 3 rings (SSSR count). The number of phenols is 1. The molecule has 3 N–H and O–H groups in total. The van der Waals surface area contributed by atoms with E-state index in [0.29, 0.717) is 16.5 Å². The van der Waals surface area contributed by atoms with E-state index in [2.05, 4.69) is 21.2 Å². The molecule has 0 bridgehead atoms. The highest BCUT2D eigenvalue weighted by Gasteiger charge is 2.66. The van der Waals surface area contributed by atoms with Crippen molar-refractivity contribution in [2.24, 2.45) is 11.8 Å². The molecule has 140 valence electrons. The van der Waals surface area contributed by atoms with Gasteiger partial charge < -0.3 is 10.2 Å². The van der Waals surface area contributed by atoms with E-state index in [1.54, 1.807) is 12.1 Å². The predicted octanol–water partition coefficient (Wildman–Crippen LogP) is 2.04. The number of likely N-dealkylation sites (tertiary alicyclic amines) is 1. The summed E-state index contributed by atoms with van der Waals surface area (Å²) in [5.74, 6) is -3.94. The van der Waals surface area contributed by atoms with Gasteiger partial charge in [-0.15, -0.1) is 0 Å². The van der Waals surface area contributed by atoms with Gasteiger partial charge in [-0.3, -0.25) is 24.6 Å². The molecule has 2 amide bonds. The van der Waals surface area contributed by atoms with Crippen molar-refractivity contribution >= 4 is 33.7 Å². The maximum Gasteiger partial charge on any atom is 0.324 e. The number of amides is 2. The molecule has 0 radical (unpaired) electrons. The summed E-state index contributed by atoms with van der Waals surface area (Å²) < 4.78 is 0.687. The van der Waals surface area contributed by atoms with E-state index in [0.717, 1.165) is 6.42 Å². The molecule has 8 heteroatoms. The second-order valence-electron chi connectivity index (χ2n) is 7.02. The summed E-state index contributed by atoms with van der Waals surface area (Å²) in [4.78, 5) is 39.0. The Balaban J connectivity index is 2.08. The molecule has 0 aliphatic carbocycles. The van der Waals surface area contributed by atoms with Gasteiger partial charge >= 0.3 is 5.97 Å². The first-order valence-electron chi connectivity index (χ1n) is 8.57. The number of imide groups is 1. The zero-order chi connectivity index (χ0) is 19.2. The Morgan fingerprint density at radius 2 is 2.04 bits per heavy atom. The molecular weight excluding hydrogens is 404 g/mol. The van der Waals surface area contributed by atoms with Crippen molar-refractivity contribution in [2.75, 3.05) is 6.54 Å². The van der Waals surface area contributed by atoms with Gasteiger partial charge in [-0.2, -0.15) is 0 Å². The minimum atomic E-state index is -1.59. The molecule has 2 fully saturated rings. The number of hydrogen-bond acceptors (Lipinski definition) is 5. The van der Waals surface area contributed by atoms with Crippen molar-refractivity contribution in [3.63, 3.8) is 0 Å². The number of halogens is 1. The summed E-state index contributed by atoms with van der Waals surface area (Å²) in [6.07, 6.45) is 1.48. The lowest BCUT2D eigenvalue weighted by atomic mass is 9.80. The smallest absolute Gasteiger partial charge is 0.324 e. The molecule has 1 aromatic rings. The van der Waals surface area contributed by atoms with Crippen LogP contribution in [-0.2, 0) is 14.4 Å². The van der Waals surface area contributed by atoms with Crippen LogP contribution in [0.3, 0.4) is 0 Å². The molecular formula is C18H21BrN2O5. The second kappa shape index (κ2) is 6.66. The first-order chi connectivity index (χ1) is 12.2. The molecule has 7 nitrogen and oxygen atoms in total. The van der Waals surface area contributed by atoms with Crippen molar-refractivity contribution in [3.05, 3.63) is 28.2 Å². The van der Waals surface area contributed by atoms with Crippen molar-refractivity contribution in [1.29, 1.82) is 0 Å². The van der Waals surface area contributed by atoms with E-state index in [1.165, 1.54) is 17.9 Å². The summed E-state index contributed by atoms with van der Waals surface area (Å²) in [6, 6.07) is 4.01. The highest BCUT2D eigenvalue weighted by Crippen LogP contribution is 2.50. The summed E-state index contributed by atoms with van der Waals surface area (Å²) in [5.41, 5.74) is -1.18. The second-order valence-corrected chi connectivity index (χ2v) is 7.93. The van der Waals surface area contributed by atoms with Crippen molar-refractivity contribution in [3.8, 4) is 5.75 Å². The van der Waals surface area contributed by atoms with E-state index < -0.39 is 35.3 Å². The van der Waals surface area contributed by atoms with E-state index >= 15 is 0 Å². The van der Waals surface area contributed by atoms with Gasteiger partial charge in [0, 0.05) is 22.6 Å². The number of nitrogens with zero attached hydrogens (tertiary/aromatic N) is 1. The zero-order valence-corrected chi connectivity index (χ0v) is 16.1. The molecule has 1 aromatic carbocycles. The highest BCUT2D eigenvalue weighted by atomic mass is 79.9. The number of carboxylic acids is 1. The van der Waals surface area contributed by atoms with Crippen molar-refractivity contribution < 1.29 is 24.6 Å². The average Bonchev–Trinajstić information content (AvgIpc) is 3.03. The first kappa shape index (κ1) is 18.8. The molecule has 2 aliphatic heterocycles. The van der Waals surface area contributed by atoms with Crippen LogP contribution in [0, 0.1) is 11.8 Å². The predicted molar refractivity (Wildman–Crippen MR) is 96.3 cm³/mol. The Bertz CT molecular complexity index is 783. The number of carbonyl (C=O) groups is 3. The summed E-state index contributed by atoms with van der Waals surface area (Å²) in [6.45, 7) is 3.67. The minimum Gasteiger partial charge on any atom is -0.508 e. The molecule has 26 heavy (non-hydrogen) atoms. The van der Waals surface area contributed by atoms with Crippen LogP contribution in [0.25, 0.3) is 0 Å². The van der Waals surface area contributed by atoms with Gasteiger partial charge in [0.15, 0.2) is 0 Å². The largest absolute Gasteiger partial charge is 0.508 e. The Kier molecular flexibility index (Phi) is 4.83. The third-order valence-corrected chi connectivity index (χ3v) is 5.88. The minimum absolute atomic E-state index is 0.0497. The van der Waals surface area contributed by atoms with E-state index in [-0.39, 0.29) is 18.2 Å². The molecule has 2 saturated heterocycles. The molecule has 0 unspecified atom stereocenters. The number of rotatable bonds is 5. The van der Waals surface area contributed by atoms with Gasteiger partial charge in [-0.1, -0.05) is 29.3 Å². The Morgan fingerprint density at radius 1 is 1.35 bits per heavy atom. The summed E-state index contributed by atoms with van der Waals surface area (Å²) in [5, 5.41) is 23.0. The lowest BCUT2D eigenvalue weighted by molar-refractivity contribution is -0.150. The molecule has 0 spiro atoms. The molecule has 2 aliphatic rings. The average molecular weight is 425 g/mol. The van der Waals surface area contributed by atoms with Gasteiger partial charge in [0.1, 0.15) is 11.3 Å². The Morgan fingerprint density at radius 3 is 2.65 bits per heavy atom. The van der Waals surface area contributed by atoms with Crippen LogP contribution >= 0.6 is 15.9 Å². The third kappa shape index (κ3) is 2.72. The number of nitrogens with one attached hydrogen (secondary N) is 1. The fourth-order valence-corrected chi connectivity index (χ4v) is 4.35. The van der Waals surface area contributed by atoms with E-state index in [1.807, 2.05) is 6.92 Å². The quantitative estimate of drug-likeness (QED) is 0.624. The summed E-state index contributed by atoms with van der Waals surface area (Å²) in [7, 11) is 0. The lowest BCUT2D eigenvalue weighted by Crippen LogP contribution is -2.53. The van der Waals surface area contributed by atoms with E-state index in [4.69, 9.17) is 0 Å². The Hall–Kier alpha value is -1.93. The van der Waals surface area contributed by atoms with Gasteiger partial charge in [0.2, 0.25) is 11.8 Å². The number of carboxylic acid groups (broad SMARTS) is 1. The topological polar surface area (TPSA) is 107 Å². The first-order valence-corrected chi connectivity index (χ1v) is 9.36. The zero-order valence-electron chi connectivity index (χ0n) is 14.5. The summed E-state index contributed by atoms with van der Waals surface area (Å²) >= 11 is 3.33. The third-order valence-electron chi connectivity index (χ3n) is 5.38. The van der Waals surface area contributed by atoms with Crippen LogP contribution < -0.4 is 5.32 Å². The van der Waals surface area contributed by atoms with Crippen molar-refractivity contribution in [2.45, 2.75) is 38.3 Å². The van der Waals surface area contributed by atoms with Gasteiger partial charge in [-0.25, -0.2) is 0 Å². The number of unbranched alkanes of at least 4 members (excludes halogenated alkanes) is 1. The van der Waals surface area contributed by atoms with Crippen LogP contribution in [0.2, 0.25) is 0 Å². The van der Waals surface area contributed by atoms with Crippen LogP contribution in [0.4, 0.5) is 0 Å². The van der Waals surface area contributed by atoms with Gasteiger partial charge in [0.05, 0.1) is 11.8 Å². The van der Waals surface area contributed by atoms with Gasteiger partial charge in [0.25, 0.3) is 0 Å².